The molecule has 61 heavy (non-hydrogen) atoms. The summed E-state index contributed by atoms with van der Waals surface area (Å²) >= 11 is 7.52. The van der Waals surface area contributed by atoms with Crippen LogP contribution in [0.25, 0.3) is 11.1 Å². The van der Waals surface area contributed by atoms with Gasteiger partial charge in [-0.3, -0.25) is 19.8 Å². The smallest absolute Gasteiger partial charge is 0.475 e. The van der Waals surface area contributed by atoms with Crippen molar-refractivity contribution in [1.82, 2.24) is 9.62 Å². The number of carbonyl (C=O) groups excluding carboxylic acids is 1. The number of anilines is 2. The Balaban J connectivity index is 0.000000819. The minimum absolute atomic E-state index is 0.0930. The molecule has 19 heteroatoms. The summed E-state index contributed by atoms with van der Waals surface area (Å²) in [6.45, 7) is 3.52. The summed E-state index contributed by atoms with van der Waals surface area (Å²) in [5.41, 5.74) is 4.79. The molecule has 5 aromatic carbocycles. The molecule has 1 fully saturated rings. The van der Waals surface area contributed by atoms with Gasteiger partial charge in [0.05, 0.1) is 14.8 Å². The minimum atomic E-state index is -5.08. The molecule has 7 rings (SSSR count). The molecule has 0 unspecified atom stereocenters. The second kappa shape index (κ2) is 19.4. The maximum Gasteiger partial charge on any atom is 0.490 e. The Morgan fingerprint density at radius 1 is 0.951 bits per heavy atom. The second-order valence-electron chi connectivity index (χ2n) is 14.0. The van der Waals surface area contributed by atoms with Crippen LogP contribution in [-0.2, 0) is 27.8 Å². The van der Waals surface area contributed by atoms with Crippen LogP contribution in [0.2, 0.25) is 5.02 Å². The monoisotopic (exact) mass is 899 g/mol. The minimum Gasteiger partial charge on any atom is -0.475 e. The Hall–Kier alpha value is -5.69. The number of carboxylic acids is 1. The van der Waals surface area contributed by atoms with Crippen molar-refractivity contribution in [1.29, 1.82) is 0 Å². The van der Waals surface area contributed by atoms with Gasteiger partial charge in [0.2, 0.25) is 0 Å². The summed E-state index contributed by atoms with van der Waals surface area (Å²) in [6.07, 6.45) is -3.52. The van der Waals surface area contributed by atoms with E-state index in [0.717, 1.165) is 65.0 Å². The zero-order valence-electron chi connectivity index (χ0n) is 32.1. The quantitative estimate of drug-likeness (QED) is 0.0361. The number of nitro benzene ring substituents is 1. The van der Waals surface area contributed by atoms with Crippen LogP contribution in [0.3, 0.4) is 0 Å². The maximum atomic E-state index is 14.3. The Morgan fingerprint density at radius 2 is 1.67 bits per heavy atom. The summed E-state index contributed by atoms with van der Waals surface area (Å²) in [4.78, 5) is 38.8. The lowest BCUT2D eigenvalue weighted by molar-refractivity contribution is -0.384. The van der Waals surface area contributed by atoms with Gasteiger partial charge in [-0.15, -0.1) is 11.8 Å². The summed E-state index contributed by atoms with van der Waals surface area (Å²) in [5, 5.41) is 22.1. The van der Waals surface area contributed by atoms with Crippen molar-refractivity contribution < 1.29 is 45.6 Å². The zero-order chi connectivity index (χ0) is 43.9. The predicted octanol–water partition coefficient (Wildman–Crippen LogP) is 8.65. The largest absolute Gasteiger partial charge is 0.490 e. The predicted molar refractivity (Wildman–Crippen MR) is 225 cm³/mol. The highest BCUT2D eigenvalue weighted by Crippen LogP contribution is 2.35. The molecule has 3 N–H and O–H groups in total. The topological polar surface area (TPSA) is 162 Å². The molecule has 1 amide bonds. The first-order valence-corrected chi connectivity index (χ1v) is 21.6. The van der Waals surface area contributed by atoms with Crippen LogP contribution in [0.1, 0.15) is 27.9 Å². The van der Waals surface area contributed by atoms with Crippen molar-refractivity contribution in [2.24, 2.45) is 0 Å². The highest BCUT2D eigenvalue weighted by molar-refractivity contribution is 7.99. The average molecular weight is 900 g/mol. The number of carbonyl (C=O) groups is 2. The Kier molecular flexibility index (Phi) is 14.2. The normalized spacial score (nSPS) is 15.1. The van der Waals surface area contributed by atoms with E-state index in [1.165, 1.54) is 18.2 Å². The number of nitro groups is 1. The number of alkyl halides is 3. The van der Waals surface area contributed by atoms with Gasteiger partial charge in [0, 0.05) is 66.7 Å². The van der Waals surface area contributed by atoms with Crippen molar-refractivity contribution in [3.05, 3.63) is 147 Å². The molecule has 1 saturated heterocycles. The van der Waals surface area contributed by atoms with E-state index in [0.29, 0.717) is 25.3 Å². The average Bonchev–Trinajstić information content (AvgIpc) is 3.23. The molecule has 12 nitrogen and oxygen atoms in total. The lowest BCUT2D eigenvalue weighted by Gasteiger charge is -2.46. The molecule has 0 spiro atoms. The molecular formula is C42H38ClF4N5O7S2. The number of nitrogens with zero attached hydrogens (tertiary/aromatic N) is 3. The number of nitrogens with one attached hydrogen (secondary N) is 2. The molecule has 0 saturated carbocycles. The number of hydrogen-bond donors (Lipinski definition) is 3. The van der Waals surface area contributed by atoms with Crippen molar-refractivity contribution in [3.63, 3.8) is 0 Å². The Bertz CT molecular complexity index is 2530. The van der Waals surface area contributed by atoms with Gasteiger partial charge >= 0.3 is 12.1 Å². The molecule has 0 aromatic heterocycles. The highest BCUT2D eigenvalue weighted by Gasteiger charge is 2.38. The fourth-order valence-corrected chi connectivity index (χ4v) is 8.99. The summed E-state index contributed by atoms with van der Waals surface area (Å²) < 4.78 is 74.7. The molecular weight excluding hydrogens is 862 g/mol. The SMILES string of the molecule is O=C(NS(=O)(=O)c1ccc(NCCSc2ccccc2)c([N+](=O)[O-])c1)c1ccc2c(c1)CC[C@H]1CN(Cc3ccccc3-c3ccc(Cl)c(F)c3)CCN21.O=C(O)C(F)(F)F. The molecule has 2 aliphatic rings. The van der Waals surface area contributed by atoms with Crippen molar-refractivity contribution >= 4 is 62.3 Å². The number of sulfonamides is 1. The fourth-order valence-electron chi connectivity index (χ4n) is 7.09. The van der Waals surface area contributed by atoms with E-state index in [4.69, 9.17) is 21.5 Å². The number of halogens is 5. The third-order valence-electron chi connectivity index (χ3n) is 9.98. The molecule has 320 valence electrons. The number of thioether (sulfide) groups is 1. The van der Waals surface area contributed by atoms with Gasteiger partial charge in [-0.25, -0.2) is 22.3 Å². The van der Waals surface area contributed by atoms with Crippen molar-refractivity contribution in [2.45, 2.75) is 41.4 Å². The molecule has 0 bridgehead atoms. The Morgan fingerprint density at radius 3 is 2.38 bits per heavy atom. The molecule has 0 aliphatic carbocycles. The second-order valence-corrected chi connectivity index (χ2v) is 17.3. The van der Waals surface area contributed by atoms with Gasteiger partial charge < -0.3 is 15.3 Å². The van der Waals surface area contributed by atoms with Gasteiger partial charge in [0.15, 0.2) is 0 Å². The summed E-state index contributed by atoms with van der Waals surface area (Å²) in [6, 6.07) is 31.6. The number of benzene rings is 5. The van der Waals surface area contributed by atoms with Gasteiger partial charge in [-0.1, -0.05) is 60.1 Å². The number of hydrogen-bond acceptors (Lipinski definition) is 10. The lowest BCUT2D eigenvalue weighted by atomic mass is 9.92. The van der Waals surface area contributed by atoms with Crippen LogP contribution < -0.4 is 14.9 Å². The first kappa shape index (κ1) is 44.9. The van der Waals surface area contributed by atoms with E-state index in [-0.39, 0.29) is 27.2 Å². The number of amides is 1. The number of aliphatic carboxylic acids is 1. The van der Waals surface area contributed by atoms with Crippen LogP contribution in [0, 0.1) is 15.9 Å². The molecule has 2 aliphatic heterocycles. The number of rotatable bonds is 12. The summed E-state index contributed by atoms with van der Waals surface area (Å²) in [7, 11) is -4.42. The first-order chi connectivity index (χ1) is 29.0. The standard InChI is InChI=1S/C40H37ClFN5O5S2.C2HF3O2/c41-35-15-11-27(23-36(35)42)34-9-5-4-6-30(34)25-45-19-20-46-31(26-45)13-10-28-22-29(12-17-38(28)46)40(48)44-54(51,52)33-14-16-37(39(24-33)47(49)50)43-18-21-53-32-7-2-1-3-8-32;3-2(4,5)1(6)7/h1-9,11-12,14-17,22-24,31,43H,10,13,18-21,25-26H2,(H,44,48);(H,6,7)/t31-;/m0./s1. The molecule has 1 atom stereocenters. The molecule has 0 radical (unpaired) electrons. The third kappa shape index (κ3) is 11.4. The number of fused-ring (bicyclic) bond motifs is 3. The van der Waals surface area contributed by atoms with E-state index < -0.39 is 44.5 Å². The van der Waals surface area contributed by atoms with Crippen molar-refractivity contribution in [2.75, 3.05) is 42.1 Å². The maximum absolute atomic E-state index is 14.3. The lowest BCUT2D eigenvalue weighted by Crippen LogP contribution is -2.54. The van der Waals surface area contributed by atoms with Crippen LogP contribution in [0.5, 0.6) is 0 Å². The first-order valence-electron chi connectivity index (χ1n) is 18.7. The molecule has 2 heterocycles. The van der Waals surface area contributed by atoms with Gasteiger partial charge in [-0.05, 0) is 89.7 Å². The van der Waals surface area contributed by atoms with E-state index in [1.807, 2.05) is 60.7 Å². The van der Waals surface area contributed by atoms with Gasteiger partial charge in [0.1, 0.15) is 11.5 Å². The number of carboxylic acid groups (broad SMARTS) is 1. The van der Waals surface area contributed by atoms with Crippen LogP contribution in [0.4, 0.5) is 34.6 Å². The fraction of sp³-hybridized carbons (Fsp3) is 0.238. The Labute approximate surface area is 357 Å². The van der Waals surface area contributed by atoms with E-state index in [1.54, 1.807) is 30.0 Å². The van der Waals surface area contributed by atoms with Gasteiger partial charge in [0.25, 0.3) is 21.6 Å². The van der Waals surface area contributed by atoms with Gasteiger partial charge in [-0.2, -0.15) is 13.2 Å². The third-order valence-corrected chi connectivity index (χ3v) is 12.6. The van der Waals surface area contributed by atoms with E-state index in [2.05, 4.69) is 25.9 Å². The number of piperazine rings is 1. The number of aryl methyl sites for hydroxylation is 1. The van der Waals surface area contributed by atoms with Crippen LogP contribution in [-0.4, -0.2) is 79.4 Å². The van der Waals surface area contributed by atoms with Crippen LogP contribution >= 0.6 is 23.4 Å². The van der Waals surface area contributed by atoms with E-state index >= 15 is 0 Å². The zero-order valence-corrected chi connectivity index (χ0v) is 34.5. The summed E-state index contributed by atoms with van der Waals surface area (Å²) in [5.74, 6) is -3.38. The van der Waals surface area contributed by atoms with E-state index in [9.17, 15) is 40.9 Å². The highest BCUT2D eigenvalue weighted by atomic mass is 35.5. The molecule has 5 aromatic rings. The van der Waals surface area contributed by atoms with Crippen molar-refractivity contribution in [3.8, 4) is 11.1 Å². The van der Waals surface area contributed by atoms with Crippen LogP contribution in [0.15, 0.2) is 119 Å².